The van der Waals surface area contributed by atoms with E-state index in [4.69, 9.17) is 5.11 Å². The monoisotopic (exact) mass is 320 g/mol. The van der Waals surface area contributed by atoms with Crippen molar-refractivity contribution in [1.82, 2.24) is 9.88 Å². The van der Waals surface area contributed by atoms with Crippen LogP contribution in [0.25, 0.3) is 0 Å². The van der Waals surface area contributed by atoms with Gasteiger partial charge in [-0.05, 0) is 18.6 Å². The SMILES string of the molecule is O=C(O)C1CCN(C(=O)C(F)(F)c2ccccn2)CC1(F)F. The van der Waals surface area contributed by atoms with E-state index in [9.17, 15) is 27.2 Å². The van der Waals surface area contributed by atoms with E-state index in [0.717, 1.165) is 12.3 Å². The van der Waals surface area contributed by atoms with Gasteiger partial charge >= 0.3 is 11.9 Å². The summed E-state index contributed by atoms with van der Waals surface area (Å²) in [5.74, 6) is -13.3. The molecule has 1 N–H and O–H groups in total. The topological polar surface area (TPSA) is 70.5 Å². The van der Waals surface area contributed by atoms with Crippen LogP contribution in [0.4, 0.5) is 17.6 Å². The average Bonchev–Trinajstić information content (AvgIpc) is 2.45. The van der Waals surface area contributed by atoms with Crippen molar-refractivity contribution in [2.75, 3.05) is 13.1 Å². The van der Waals surface area contributed by atoms with E-state index in [1.807, 2.05) is 0 Å². The summed E-state index contributed by atoms with van der Waals surface area (Å²) in [6.45, 7) is -1.83. The molecule has 1 aromatic rings. The van der Waals surface area contributed by atoms with Crippen molar-refractivity contribution >= 4 is 11.9 Å². The Balaban J connectivity index is 2.19. The Morgan fingerprint density at radius 1 is 1.36 bits per heavy atom. The number of aliphatic carboxylic acids is 1. The number of aromatic nitrogens is 1. The first-order chi connectivity index (χ1) is 10.2. The summed E-state index contributed by atoms with van der Waals surface area (Å²) in [6.07, 6.45) is 0.466. The smallest absolute Gasteiger partial charge is 0.366 e. The number of carbonyl (C=O) groups is 2. The van der Waals surface area contributed by atoms with E-state index in [1.54, 1.807) is 0 Å². The summed E-state index contributed by atoms with van der Waals surface area (Å²) in [5.41, 5.74) is -0.844. The van der Waals surface area contributed by atoms with E-state index < -0.39 is 54.8 Å². The molecule has 0 saturated carbocycles. The number of nitrogens with zero attached hydrogens (tertiary/aromatic N) is 2. The Kier molecular flexibility index (Phi) is 4.08. The van der Waals surface area contributed by atoms with E-state index >= 15 is 0 Å². The molecule has 1 atom stereocenters. The van der Waals surface area contributed by atoms with Crippen molar-refractivity contribution in [1.29, 1.82) is 0 Å². The molecule has 0 aromatic carbocycles. The summed E-state index contributed by atoms with van der Waals surface area (Å²) in [4.78, 5) is 26.2. The van der Waals surface area contributed by atoms with Gasteiger partial charge in [0.25, 0.3) is 11.8 Å². The third kappa shape index (κ3) is 2.88. The lowest BCUT2D eigenvalue weighted by Crippen LogP contribution is -2.55. The van der Waals surface area contributed by atoms with Crippen LogP contribution in [0.3, 0.4) is 0 Å². The zero-order chi connectivity index (χ0) is 16.5. The summed E-state index contributed by atoms with van der Waals surface area (Å²) in [5, 5.41) is 8.70. The Hall–Kier alpha value is -2.19. The molecule has 0 radical (unpaired) electrons. The predicted molar refractivity (Wildman–Crippen MR) is 65.4 cm³/mol. The number of pyridine rings is 1. The molecule has 22 heavy (non-hydrogen) atoms. The number of carboxylic acid groups (broad SMARTS) is 1. The number of halogens is 4. The molecule has 1 saturated heterocycles. The highest BCUT2D eigenvalue weighted by Crippen LogP contribution is 2.36. The van der Waals surface area contributed by atoms with Crippen LogP contribution in [-0.2, 0) is 15.5 Å². The molecule has 1 unspecified atom stereocenters. The molecule has 120 valence electrons. The Morgan fingerprint density at radius 2 is 2.05 bits per heavy atom. The number of carbonyl (C=O) groups excluding carboxylic acids is 1. The predicted octanol–water partition coefficient (Wildman–Crippen LogP) is 1.74. The second-order valence-electron chi connectivity index (χ2n) is 4.96. The van der Waals surface area contributed by atoms with Crippen molar-refractivity contribution in [2.45, 2.75) is 18.3 Å². The number of hydrogen-bond acceptors (Lipinski definition) is 3. The third-order valence-electron chi connectivity index (χ3n) is 3.44. The molecular weight excluding hydrogens is 308 g/mol. The average molecular weight is 320 g/mol. The molecule has 2 heterocycles. The third-order valence-corrected chi connectivity index (χ3v) is 3.44. The second kappa shape index (κ2) is 5.54. The zero-order valence-corrected chi connectivity index (χ0v) is 11.2. The molecule has 1 aliphatic heterocycles. The second-order valence-corrected chi connectivity index (χ2v) is 4.96. The number of rotatable bonds is 3. The van der Waals surface area contributed by atoms with E-state index in [1.165, 1.54) is 12.1 Å². The fourth-order valence-electron chi connectivity index (χ4n) is 2.27. The van der Waals surface area contributed by atoms with Gasteiger partial charge in [0, 0.05) is 12.7 Å². The molecule has 1 aromatic heterocycles. The number of alkyl halides is 4. The maximum atomic E-state index is 14.0. The van der Waals surface area contributed by atoms with Crippen LogP contribution in [0.1, 0.15) is 12.1 Å². The lowest BCUT2D eigenvalue weighted by Gasteiger charge is -2.37. The maximum Gasteiger partial charge on any atom is 0.366 e. The van der Waals surface area contributed by atoms with Gasteiger partial charge in [0.1, 0.15) is 11.6 Å². The zero-order valence-electron chi connectivity index (χ0n) is 11.2. The van der Waals surface area contributed by atoms with Gasteiger partial charge in [0.15, 0.2) is 0 Å². The highest BCUT2D eigenvalue weighted by Gasteiger charge is 2.54. The minimum absolute atomic E-state index is 0.286. The standard InChI is InChI=1S/C13H12F4N2O3/c14-12(15)7-19(6-4-8(12)10(20)21)11(22)13(16,17)9-3-1-2-5-18-9/h1-3,5,8H,4,6-7H2,(H,20,21). The first-order valence-electron chi connectivity index (χ1n) is 6.35. The van der Waals surface area contributed by atoms with Crippen LogP contribution < -0.4 is 0 Å². The minimum Gasteiger partial charge on any atom is -0.481 e. The quantitative estimate of drug-likeness (QED) is 0.861. The maximum absolute atomic E-state index is 14.0. The molecule has 0 spiro atoms. The molecule has 2 rings (SSSR count). The molecule has 0 aliphatic carbocycles. The Labute approximate surface area is 122 Å². The van der Waals surface area contributed by atoms with Crippen molar-refractivity contribution in [3.05, 3.63) is 30.1 Å². The van der Waals surface area contributed by atoms with Gasteiger partial charge in [-0.25, -0.2) is 8.78 Å². The summed E-state index contributed by atoms with van der Waals surface area (Å²) in [7, 11) is 0. The van der Waals surface area contributed by atoms with Gasteiger partial charge in [0.05, 0.1) is 6.54 Å². The van der Waals surface area contributed by atoms with Crippen LogP contribution in [-0.4, -0.2) is 45.9 Å². The minimum atomic E-state index is -4.05. The van der Waals surface area contributed by atoms with Gasteiger partial charge in [-0.2, -0.15) is 8.78 Å². The summed E-state index contributed by atoms with van der Waals surface area (Å²) in [6, 6.07) is 3.53. The van der Waals surface area contributed by atoms with E-state index in [-0.39, 0.29) is 4.90 Å². The first kappa shape index (κ1) is 16.2. The van der Waals surface area contributed by atoms with Gasteiger partial charge < -0.3 is 10.0 Å². The van der Waals surface area contributed by atoms with Crippen LogP contribution in [0.15, 0.2) is 24.4 Å². The molecule has 0 bridgehead atoms. The van der Waals surface area contributed by atoms with Crippen molar-refractivity contribution < 1.29 is 32.3 Å². The number of hydrogen-bond donors (Lipinski definition) is 1. The fraction of sp³-hybridized carbons (Fsp3) is 0.462. The molecule has 9 heteroatoms. The van der Waals surface area contributed by atoms with E-state index in [0.29, 0.717) is 0 Å². The normalized spacial score (nSPS) is 21.5. The number of amides is 1. The van der Waals surface area contributed by atoms with Gasteiger partial charge in [-0.3, -0.25) is 14.6 Å². The lowest BCUT2D eigenvalue weighted by molar-refractivity contribution is -0.183. The molecule has 1 fully saturated rings. The highest BCUT2D eigenvalue weighted by molar-refractivity contribution is 5.85. The van der Waals surface area contributed by atoms with Crippen LogP contribution in [0.2, 0.25) is 0 Å². The van der Waals surface area contributed by atoms with Gasteiger partial charge in [-0.1, -0.05) is 6.07 Å². The number of carboxylic acids is 1. The fourth-order valence-corrected chi connectivity index (χ4v) is 2.27. The van der Waals surface area contributed by atoms with Gasteiger partial charge in [-0.15, -0.1) is 0 Å². The molecule has 5 nitrogen and oxygen atoms in total. The summed E-state index contributed by atoms with van der Waals surface area (Å²) < 4.78 is 55.4. The van der Waals surface area contributed by atoms with Crippen molar-refractivity contribution in [2.24, 2.45) is 5.92 Å². The molecular formula is C13H12F4N2O3. The van der Waals surface area contributed by atoms with Crippen LogP contribution in [0.5, 0.6) is 0 Å². The van der Waals surface area contributed by atoms with E-state index in [2.05, 4.69) is 4.98 Å². The Bertz CT molecular complexity index is 580. The van der Waals surface area contributed by atoms with Crippen molar-refractivity contribution in [3.8, 4) is 0 Å². The highest BCUT2D eigenvalue weighted by atomic mass is 19.3. The number of likely N-dealkylation sites (tertiary alicyclic amines) is 1. The largest absolute Gasteiger partial charge is 0.481 e. The van der Waals surface area contributed by atoms with Crippen LogP contribution >= 0.6 is 0 Å². The van der Waals surface area contributed by atoms with Gasteiger partial charge in [0.2, 0.25) is 0 Å². The lowest BCUT2D eigenvalue weighted by atomic mass is 9.92. The van der Waals surface area contributed by atoms with Crippen LogP contribution in [0, 0.1) is 5.92 Å². The molecule has 1 aliphatic rings. The molecule has 1 amide bonds. The first-order valence-corrected chi connectivity index (χ1v) is 6.35. The summed E-state index contributed by atoms with van der Waals surface area (Å²) >= 11 is 0. The Morgan fingerprint density at radius 3 is 2.55 bits per heavy atom. The number of piperidine rings is 1. The van der Waals surface area contributed by atoms with Crippen molar-refractivity contribution in [3.63, 3.8) is 0 Å².